The molecular formula is C30H39N3O3. The molecule has 6 nitrogen and oxygen atoms in total. The highest BCUT2D eigenvalue weighted by atomic mass is 16.5. The van der Waals surface area contributed by atoms with Crippen LogP contribution in [0.15, 0.2) is 36.4 Å². The SMILES string of the molecule is CCCCCCOc1ccc(C2c3c(-c4c(C)cc(C)cc4O)n[nH]c3C(=O)N2CCCCC)cc1. The summed E-state index contributed by atoms with van der Waals surface area (Å²) in [5, 5.41) is 18.4. The number of fused-ring (bicyclic) bond motifs is 1. The van der Waals surface area contributed by atoms with Gasteiger partial charge in [-0.2, -0.15) is 5.10 Å². The molecule has 1 atom stereocenters. The van der Waals surface area contributed by atoms with Gasteiger partial charge >= 0.3 is 0 Å². The van der Waals surface area contributed by atoms with Crippen LogP contribution in [0, 0.1) is 13.8 Å². The Kier molecular flexibility index (Phi) is 8.34. The van der Waals surface area contributed by atoms with E-state index in [-0.39, 0.29) is 17.7 Å². The normalized spacial score (nSPS) is 14.9. The Morgan fingerprint density at radius 3 is 2.42 bits per heavy atom. The Bertz CT molecular complexity index is 1160. The highest BCUT2D eigenvalue weighted by Gasteiger charge is 2.42. The number of carbonyl (C=O) groups excluding carboxylic acids is 1. The van der Waals surface area contributed by atoms with Gasteiger partial charge in [0, 0.05) is 17.7 Å². The van der Waals surface area contributed by atoms with Gasteiger partial charge in [-0.25, -0.2) is 0 Å². The van der Waals surface area contributed by atoms with E-state index in [4.69, 9.17) is 4.74 Å². The first kappa shape index (κ1) is 25.8. The third kappa shape index (κ3) is 5.28. The number of aryl methyl sites for hydroxylation is 2. The highest BCUT2D eigenvalue weighted by Crippen LogP contribution is 2.45. The summed E-state index contributed by atoms with van der Waals surface area (Å²) in [6.45, 7) is 9.69. The van der Waals surface area contributed by atoms with Gasteiger partial charge in [0.1, 0.15) is 22.9 Å². The number of hydrogen-bond acceptors (Lipinski definition) is 4. The first-order valence-electron chi connectivity index (χ1n) is 13.4. The quantitative estimate of drug-likeness (QED) is 0.266. The van der Waals surface area contributed by atoms with Gasteiger partial charge in [0.25, 0.3) is 5.91 Å². The minimum atomic E-state index is -0.267. The van der Waals surface area contributed by atoms with Crippen LogP contribution < -0.4 is 4.74 Å². The summed E-state index contributed by atoms with van der Waals surface area (Å²) < 4.78 is 5.96. The lowest BCUT2D eigenvalue weighted by atomic mass is 9.93. The first-order chi connectivity index (χ1) is 17.5. The molecule has 1 aliphatic rings. The van der Waals surface area contributed by atoms with E-state index in [1.54, 1.807) is 6.07 Å². The second kappa shape index (κ2) is 11.6. The van der Waals surface area contributed by atoms with Gasteiger partial charge < -0.3 is 14.7 Å². The minimum absolute atomic E-state index is 0.0367. The lowest BCUT2D eigenvalue weighted by Gasteiger charge is -2.27. The maximum absolute atomic E-state index is 13.5. The van der Waals surface area contributed by atoms with Crippen molar-refractivity contribution >= 4 is 5.91 Å². The summed E-state index contributed by atoms with van der Waals surface area (Å²) in [4.78, 5) is 15.5. The monoisotopic (exact) mass is 489 g/mol. The highest BCUT2D eigenvalue weighted by molar-refractivity contribution is 6.00. The Morgan fingerprint density at radius 2 is 1.72 bits per heavy atom. The third-order valence-electron chi connectivity index (χ3n) is 7.02. The van der Waals surface area contributed by atoms with Crippen molar-refractivity contribution in [3.05, 3.63) is 64.3 Å². The summed E-state index contributed by atoms with van der Waals surface area (Å²) in [7, 11) is 0. The molecular weight excluding hydrogens is 450 g/mol. The van der Waals surface area contributed by atoms with Crippen molar-refractivity contribution in [3.8, 4) is 22.8 Å². The summed E-state index contributed by atoms with van der Waals surface area (Å²) in [6.07, 6.45) is 7.78. The van der Waals surface area contributed by atoms with Crippen molar-refractivity contribution < 1.29 is 14.6 Å². The van der Waals surface area contributed by atoms with Gasteiger partial charge in [-0.05, 0) is 61.6 Å². The van der Waals surface area contributed by atoms with Crippen LogP contribution in [0.4, 0.5) is 0 Å². The van der Waals surface area contributed by atoms with Gasteiger partial charge in [-0.1, -0.05) is 64.2 Å². The molecule has 1 unspecified atom stereocenters. The number of nitrogens with zero attached hydrogens (tertiary/aromatic N) is 2. The Balaban J connectivity index is 1.68. The number of carbonyl (C=O) groups is 1. The first-order valence-corrected chi connectivity index (χ1v) is 13.4. The van der Waals surface area contributed by atoms with Crippen LogP contribution in [0.5, 0.6) is 11.5 Å². The van der Waals surface area contributed by atoms with E-state index in [9.17, 15) is 9.90 Å². The van der Waals surface area contributed by atoms with E-state index in [2.05, 4.69) is 36.2 Å². The van der Waals surface area contributed by atoms with Gasteiger partial charge in [0.05, 0.1) is 12.6 Å². The number of aromatic hydroxyl groups is 1. The van der Waals surface area contributed by atoms with E-state index >= 15 is 0 Å². The summed E-state index contributed by atoms with van der Waals surface area (Å²) >= 11 is 0. The second-order valence-electron chi connectivity index (χ2n) is 9.92. The van der Waals surface area contributed by atoms with Crippen LogP contribution in [0.3, 0.4) is 0 Å². The number of phenols is 1. The van der Waals surface area contributed by atoms with Crippen molar-refractivity contribution in [3.63, 3.8) is 0 Å². The molecule has 0 aliphatic carbocycles. The number of aromatic amines is 1. The molecule has 0 radical (unpaired) electrons. The number of aromatic nitrogens is 2. The number of rotatable bonds is 12. The van der Waals surface area contributed by atoms with Gasteiger partial charge in [0.2, 0.25) is 0 Å². The Hall–Kier alpha value is -3.28. The number of phenolic OH excluding ortho intramolecular Hbond substituents is 1. The molecule has 0 bridgehead atoms. The van der Waals surface area contributed by atoms with Crippen LogP contribution in [-0.4, -0.2) is 39.3 Å². The average molecular weight is 490 g/mol. The van der Waals surface area contributed by atoms with Gasteiger partial charge in [-0.15, -0.1) is 0 Å². The van der Waals surface area contributed by atoms with Crippen LogP contribution in [0.1, 0.15) is 97.6 Å². The van der Waals surface area contributed by atoms with Crippen molar-refractivity contribution in [2.24, 2.45) is 0 Å². The fourth-order valence-corrected chi connectivity index (χ4v) is 5.22. The van der Waals surface area contributed by atoms with E-state index in [0.717, 1.165) is 53.7 Å². The molecule has 0 fully saturated rings. The largest absolute Gasteiger partial charge is 0.507 e. The van der Waals surface area contributed by atoms with Crippen LogP contribution in [-0.2, 0) is 0 Å². The van der Waals surface area contributed by atoms with Crippen LogP contribution in [0.25, 0.3) is 11.3 Å². The number of nitrogens with one attached hydrogen (secondary N) is 1. The summed E-state index contributed by atoms with van der Waals surface area (Å²) in [5.41, 5.74) is 5.62. The molecule has 4 rings (SSSR count). The molecule has 1 aromatic heterocycles. The van der Waals surface area contributed by atoms with Crippen molar-refractivity contribution in [1.29, 1.82) is 0 Å². The Labute approximate surface area is 214 Å². The number of amides is 1. The van der Waals surface area contributed by atoms with Crippen LogP contribution >= 0.6 is 0 Å². The fourth-order valence-electron chi connectivity index (χ4n) is 5.22. The number of H-pyrrole nitrogens is 1. The molecule has 2 N–H and O–H groups in total. The molecule has 1 amide bonds. The standard InChI is InChI=1S/C30H39N3O3/c1-5-7-9-11-17-36-23-14-12-22(13-15-23)29-26-27(25-21(4)18-20(3)19-24(25)34)31-32-28(26)30(35)33(29)16-10-8-6-2/h12-15,18-19,29,34H,5-11,16-17H2,1-4H3,(H,31,32). The fraction of sp³-hybridized carbons (Fsp3) is 0.467. The smallest absolute Gasteiger partial charge is 0.273 e. The maximum Gasteiger partial charge on any atom is 0.273 e. The van der Waals surface area contributed by atoms with Gasteiger partial charge in [-0.3, -0.25) is 9.89 Å². The molecule has 3 aromatic rings. The number of hydrogen-bond donors (Lipinski definition) is 2. The predicted octanol–water partition coefficient (Wildman–Crippen LogP) is 7.09. The van der Waals surface area contributed by atoms with Crippen molar-refractivity contribution in [2.75, 3.05) is 13.2 Å². The maximum atomic E-state index is 13.5. The zero-order valence-corrected chi connectivity index (χ0v) is 22.1. The molecule has 2 aromatic carbocycles. The molecule has 0 spiro atoms. The molecule has 0 saturated carbocycles. The zero-order chi connectivity index (χ0) is 25.7. The second-order valence-corrected chi connectivity index (χ2v) is 9.92. The third-order valence-corrected chi connectivity index (χ3v) is 7.02. The van der Waals surface area contributed by atoms with Crippen molar-refractivity contribution in [1.82, 2.24) is 15.1 Å². The molecule has 36 heavy (non-hydrogen) atoms. The summed E-state index contributed by atoms with van der Waals surface area (Å²) in [6, 6.07) is 11.6. The Morgan fingerprint density at radius 1 is 1.00 bits per heavy atom. The zero-order valence-electron chi connectivity index (χ0n) is 22.1. The van der Waals surface area contributed by atoms with E-state index in [1.165, 1.54) is 19.3 Å². The van der Waals surface area contributed by atoms with E-state index in [1.807, 2.05) is 36.9 Å². The molecule has 1 aliphatic heterocycles. The lowest BCUT2D eigenvalue weighted by molar-refractivity contribution is 0.0740. The van der Waals surface area contributed by atoms with Crippen LogP contribution in [0.2, 0.25) is 0 Å². The topological polar surface area (TPSA) is 78.5 Å². The number of unbranched alkanes of at least 4 members (excludes halogenated alkanes) is 5. The number of ether oxygens (including phenoxy) is 1. The summed E-state index contributed by atoms with van der Waals surface area (Å²) in [5.74, 6) is 0.992. The molecule has 6 heteroatoms. The van der Waals surface area contributed by atoms with E-state index in [0.29, 0.717) is 30.1 Å². The lowest BCUT2D eigenvalue weighted by Crippen LogP contribution is -2.30. The predicted molar refractivity (Wildman–Crippen MR) is 144 cm³/mol. The number of benzene rings is 2. The van der Waals surface area contributed by atoms with Gasteiger partial charge in [0.15, 0.2) is 0 Å². The van der Waals surface area contributed by atoms with E-state index < -0.39 is 0 Å². The molecule has 192 valence electrons. The average Bonchev–Trinajstić information content (AvgIpc) is 3.38. The molecule has 2 heterocycles. The minimum Gasteiger partial charge on any atom is -0.507 e. The van der Waals surface area contributed by atoms with Crippen molar-refractivity contribution in [2.45, 2.75) is 78.7 Å². The molecule has 0 saturated heterocycles.